The lowest BCUT2D eigenvalue weighted by Gasteiger charge is -2.28. The molecule has 120 valence electrons. The molecular weight excluding hydrogens is 298 g/mol. The Labute approximate surface area is 137 Å². The zero-order valence-electron chi connectivity index (χ0n) is 13.2. The summed E-state index contributed by atoms with van der Waals surface area (Å²) in [7, 11) is 0. The molecule has 2 rings (SSSR count). The van der Waals surface area contributed by atoms with Crippen molar-refractivity contribution in [2.45, 2.75) is 39.3 Å². The van der Waals surface area contributed by atoms with Gasteiger partial charge in [0.05, 0.1) is 18.1 Å². The summed E-state index contributed by atoms with van der Waals surface area (Å²) < 4.78 is 5.42. The minimum absolute atomic E-state index is 0.0172. The van der Waals surface area contributed by atoms with E-state index in [-0.39, 0.29) is 23.0 Å². The number of amides is 1. The fraction of sp³-hybridized carbons (Fsp3) is 0.529. The first-order chi connectivity index (χ1) is 10.4. The molecule has 0 aromatic heterocycles. The normalized spacial score (nSPS) is 20.9. The first-order valence-electron chi connectivity index (χ1n) is 7.63. The Bertz CT molecular complexity index is 532. The van der Waals surface area contributed by atoms with Crippen molar-refractivity contribution in [2.75, 3.05) is 6.61 Å². The smallest absolute Gasteiger partial charge is 0.266 e. The number of carbonyl (C=O) groups excluding carboxylic acids is 1. The van der Waals surface area contributed by atoms with Crippen molar-refractivity contribution < 1.29 is 14.6 Å². The average Bonchev–Trinajstić information content (AvgIpc) is 2.86. The van der Waals surface area contributed by atoms with Crippen LogP contribution in [0.3, 0.4) is 0 Å². The summed E-state index contributed by atoms with van der Waals surface area (Å²) in [6.07, 6.45) is 0.00490. The van der Waals surface area contributed by atoms with Gasteiger partial charge >= 0.3 is 0 Å². The van der Waals surface area contributed by atoms with Crippen LogP contribution in [-0.4, -0.2) is 39.8 Å². The predicted molar refractivity (Wildman–Crippen MR) is 89.3 cm³/mol. The van der Waals surface area contributed by atoms with E-state index in [1.165, 1.54) is 0 Å². The van der Waals surface area contributed by atoms with Gasteiger partial charge < -0.3 is 9.84 Å². The molecule has 1 aliphatic heterocycles. The summed E-state index contributed by atoms with van der Waals surface area (Å²) >= 11 is 5.18. The molecule has 1 fully saturated rings. The quantitative estimate of drug-likeness (QED) is 0.846. The van der Waals surface area contributed by atoms with Gasteiger partial charge in [-0.3, -0.25) is 9.69 Å². The number of benzene rings is 1. The fourth-order valence-corrected chi connectivity index (χ4v) is 3.02. The van der Waals surface area contributed by atoms with Gasteiger partial charge in [-0.25, -0.2) is 0 Å². The second-order valence-corrected chi connectivity index (χ2v) is 6.50. The number of ether oxygens (including phenoxy) is 1. The maximum absolute atomic E-state index is 12.7. The molecule has 0 unspecified atom stereocenters. The van der Waals surface area contributed by atoms with Crippen LogP contribution in [0.1, 0.15) is 26.3 Å². The SMILES string of the molecule is CC(C)[C@H](O)[C@@H](C)C(=O)N1C(=S)OC[C@@H]1Cc1ccccc1. The number of nitrogens with zero attached hydrogens (tertiary/aromatic N) is 1. The Kier molecular flexibility index (Phi) is 5.53. The van der Waals surface area contributed by atoms with Crippen molar-refractivity contribution in [1.29, 1.82) is 0 Å². The molecule has 0 bridgehead atoms. The largest absolute Gasteiger partial charge is 0.468 e. The third-order valence-electron chi connectivity index (χ3n) is 4.10. The molecular formula is C17H23NO3S. The lowest BCUT2D eigenvalue weighted by Crippen LogP contribution is -2.46. The van der Waals surface area contributed by atoms with E-state index >= 15 is 0 Å². The molecule has 1 aromatic carbocycles. The second kappa shape index (κ2) is 7.20. The topological polar surface area (TPSA) is 49.8 Å². The molecule has 1 heterocycles. The highest BCUT2D eigenvalue weighted by Gasteiger charge is 2.39. The standard InChI is InChI=1S/C17H23NO3S/c1-11(2)15(19)12(3)16(20)18-14(10-21-17(18)22)9-13-7-5-4-6-8-13/h4-8,11-12,14-15,19H,9-10H2,1-3H3/t12-,14+,15+/m1/s1. The number of rotatable bonds is 5. The number of hydrogen-bond acceptors (Lipinski definition) is 4. The maximum atomic E-state index is 12.7. The Morgan fingerprint density at radius 1 is 1.36 bits per heavy atom. The molecule has 3 atom stereocenters. The van der Waals surface area contributed by atoms with Crippen LogP contribution in [0.2, 0.25) is 0 Å². The molecule has 0 radical (unpaired) electrons. The van der Waals surface area contributed by atoms with Crippen LogP contribution in [0.4, 0.5) is 0 Å². The molecule has 1 amide bonds. The summed E-state index contributed by atoms with van der Waals surface area (Å²) in [5, 5.41) is 10.4. The highest BCUT2D eigenvalue weighted by atomic mass is 32.1. The van der Waals surface area contributed by atoms with Gasteiger partial charge in [-0.05, 0) is 30.1 Å². The molecule has 1 saturated heterocycles. The lowest BCUT2D eigenvalue weighted by molar-refractivity contribution is -0.136. The van der Waals surface area contributed by atoms with E-state index in [9.17, 15) is 9.90 Å². The van der Waals surface area contributed by atoms with E-state index in [0.717, 1.165) is 5.56 Å². The zero-order valence-corrected chi connectivity index (χ0v) is 14.0. The van der Waals surface area contributed by atoms with Gasteiger partial charge in [0.1, 0.15) is 6.61 Å². The van der Waals surface area contributed by atoms with Gasteiger partial charge in [0.25, 0.3) is 5.17 Å². The number of aliphatic hydroxyl groups is 1. The Balaban J connectivity index is 2.12. The molecule has 0 saturated carbocycles. The van der Waals surface area contributed by atoms with Gasteiger partial charge in [-0.2, -0.15) is 0 Å². The van der Waals surface area contributed by atoms with Crippen molar-refractivity contribution in [3.8, 4) is 0 Å². The second-order valence-electron chi connectivity index (χ2n) is 6.15. The van der Waals surface area contributed by atoms with Gasteiger partial charge in [0, 0.05) is 0 Å². The highest BCUT2D eigenvalue weighted by molar-refractivity contribution is 7.80. The minimum Gasteiger partial charge on any atom is -0.468 e. The van der Waals surface area contributed by atoms with E-state index in [1.807, 2.05) is 44.2 Å². The van der Waals surface area contributed by atoms with Crippen molar-refractivity contribution in [2.24, 2.45) is 11.8 Å². The van der Waals surface area contributed by atoms with Gasteiger partial charge in [0.2, 0.25) is 5.91 Å². The van der Waals surface area contributed by atoms with Crippen LogP contribution >= 0.6 is 12.2 Å². The first kappa shape index (κ1) is 16.9. The van der Waals surface area contributed by atoms with Gasteiger partial charge in [-0.1, -0.05) is 51.1 Å². The third kappa shape index (κ3) is 3.65. The van der Waals surface area contributed by atoms with E-state index in [0.29, 0.717) is 13.0 Å². The van der Waals surface area contributed by atoms with E-state index in [2.05, 4.69) is 0 Å². The highest BCUT2D eigenvalue weighted by Crippen LogP contribution is 2.23. The maximum Gasteiger partial charge on any atom is 0.266 e. The van der Waals surface area contributed by atoms with E-state index < -0.39 is 12.0 Å². The number of thiocarbonyl (C=S) groups is 1. The summed E-state index contributed by atoms with van der Waals surface area (Å²) in [4.78, 5) is 14.2. The molecule has 1 aliphatic rings. The van der Waals surface area contributed by atoms with Crippen molar-refractivity contribution in [3.63, 3.8) is 0 Å². The summed E-state index contributed by atoms with van der Waals surface area (Å²) in [5.74, 6) is -0.647. The summed E-state index contributed by atoms with van der Waals surface area (Å²) in [5.41, 5.74) is 1.13. The van der Waals surface area contributed by atoms with E-state index in [4.69, 9.17) is 17.0 Å². The molecule has 1 N–H and O–H groups in total. The Hall–Kier alpha value is -1.46. The van der Waals surface area contributed by atoms with Crippen molar-refractivity contribution >= 4 is 23.3 Å². The fourth-order valence-electron chi connectivity index (χ4n) is 2.71. The van der Waals surface area contributed by atoms with Crippen LogP contribution in [0.15, 0.2) is 30.3 Å². The predicted octanol–water partition coefficient (Wildman–Crippen LogP) is 2.39. The zero-order chi connectivity index (χ0) is 16.3. The average molecular weight is 321 g/mol. The minimum atomic E-state index is -0.687. The molecule has 4 nitrogen and oxygen atoms in total. The number of carbonyl (C=O) groups is 1. The summed E-state index contributed by atoms with van der Waals surface area (Å²) in [6, 6.07) is 9.85. The third-order valence-corrected chi connectivity index (χ3v) is 4.41. The van der Waals surface area contributed by atoms with Crippen molar-refractivity contribution in [3.05, 3.63) is 35.9 Å². The number of hydrogen-bond donors (Lipinski definition) is 1. The Morgan fingerprint density at radius 2 is 2.00 bits per heavy atom. The van der Waals surface area contributed by atoms with Gasteiger partial charge in [0.15, 0.2) is 0 Å². The molecule has 5 heteroatoms. The Morgan fingerprint density at radius 3 is 2.59 bits per heavy atom. The van der Waals surface area contributed by atoms with Crippen LogP contribution in [0.5, 0.6) is 0 Å². The van der Waals surface area contributed by atoms with Crippen molar-refractivity contribution in [1.82, 2.24) is 4.90 Å². The first-order valence-corrected chi connectivity index (χ1v) is 8.04. The van der Waals surface area contributed by atoms with Gasteiger partial charge in [-0.15, -0.1) is 0 Å². The lowest BCUT2D eigenvalue weighted by atomic mass is 9.93. The molecule has 22 heavy (non-hydrogen) atoms. The van der Waals surface area contributed by atoms with Crippen LogP contribution < -0.4 is 0 Å². The molecule has 0 spiro atoms. The monoisotopic (exact) mass is 321 g/mol. The summed E-state index contributed by atoms with van der Waals surface area (Å²) in [6.45, 7) is 5.95. The molecule has 1 aromatic rings. The van der Waals surface area contributed by atoms with Crippen LogP contribution in [0.25, 0.3) is 0 Å². The number of aliphatic hydroxyl groups excluding tert-OH is 1. The molecule has 0 aliphatic carbocycles. The van der Waals surface area contributed by atoms with Crippen LogP contribution in [0, 0.1) is 11.8 Å². The van der Waals surface area contributed by atoms with Crippen LogP contribution in [-0.2, 0) is 16.0 Å². The van der Waals surface area contributed by atoms with E-state index in [1.54, 1.807) is 11.8 Å².